The smallest absolute Gasteiger partial charge is 0.121 e. The average Bonchev–Trinajstić information content (AvgIpc) is 2.56. The van der Waals surface area contributed by atoms with Gasteiger partial charge in [-0.2, -0.15) is 0 Å². The lowest BCUT2D eigenvalue weighted by atomic mass is 10.1. The van der Waals surface area contributed by atoms with Crippen LogP contribution in [-0.4, -0.2) is 41.0 Å². The SMILES string of the molecule is CN(Cc1nc2ccccc2[nH]1)C1CNC1. The highest BCUT2D eigenvalue weighted by Gasteiger charge is 2.21. The molecule has 2 aromatic rings. The van der Waals surface area contributed by atoms with E-state index in [4.69, 9.17) is 0 Å². The minimum absolute atomic E-state index is 0.660. The van der Waals surface area contributed by atoms with Crippen LogP contribution in [0.1, 0.15) is 5.82 Å². The highest BCUT2D eigenvalue weighted by Crippen LogP contribution is 2.12. The normalized spacial score (nSPS) is 16.9. The molecule has 3 rings (SSSR count). The van der Waals surface area contributed by atoms with Crippen molar-refractivity contribution in [1.29, 1.82) is 0 Å². The first-order chi connectivity index (χ1) is 7.83. The molecule has 2 heterocycles. The van der Waals surface area contributed by atoms with Crippen LogP contribution in [0, 0.1) is 0 Å². The van der Waals surface area contributed by atoms with Gasteiger partial charge in [0.15, 0.2) is 0 Å². The number of likely N-dealkylation sites (N-methyl/N-ethyl adjacent to an activating group) is 1. The van der Waals surface area contributed by atoms with Crippen LogP contribution in [0.3, 0.4) is 0 Å². The van der Waals surface area contributed by atoms with Gasteiger partial charge in [-0.3, -0.25) is 4.90 Å². The first kappa shape index (κ1) is 9.81. The van der Waals surface area contributed by atoms with Crippen LogP contribution in [0.2, 0.25) is 0 Å². The topological polar surface area (TPSA) is 44.0 Å². The zero-order valence-electron chi connectivity index (χ0n) is 9.40. The molecule has 1 aromatic carbocycles. The summed E-state index contributed by atoms with van der Waals surface area (Å²) in [6.07, 6.45) is 0. The number of rotatable bonds is 3. The molecule has 0 atom stereocenters. The summed E-state index contributed by atoms with van der Waals surface area (Å²) in [6.45, 7) is 3.08. The largest absolute Gasteiger partial charge is 0.341 e. The molecule has 0 aliphatic carbocycles. The van der Waals surface area contributed by atoms with Crippen molar-refractivity contribution in [3.8, 4) is 0 Å². The molecule has 0 saturated carbocycles. The molecule has 4 heteroatoms. The van der Waals surface area contributed by atoms with Crippen LogP contribution in [0.15, 0.2) is 24.3 Å². The summed E-state index contributed by atoms with van der Waals surface area (Å²) in [5, 5.41) is 3.28. The fraction of sp³-hybridized carbons (Fsp3) is 0.417. The van der Waals surface area contributed by atoms with Gasteiger partial charge < -0.3 is 10.3 Å². The number of imidazole rings is 1. The Labute approximate surface area is 94.7 Å². The average molecular weight is 216 g/mol. The number of para-hydroxylation sites is 2. The van der Waals surface area contributed by atoms with Gasteiger partial charge in [-0.1, -0.05) is 12.1 Å². The number of fused-ring (bicyclic) bond motifs is 1. The summed E-state index contributed by atoms with van der Waals surface area (Å²) in [6, 6.07) is 8.82. The number of aromatic amines is 1. The number of H-pyrrole nitrogens is 1. The molecule has 84 valence electrons. The quantitative estimate of drug-likeness (QED) is 0.803. The maximum absolute atomic E-state index is 4.58. The minimum Gasteiger partial charge on any atom is -0.341 e. The number of benzene rings is 1. The molecular weight excluding hydrogens is 200 g/mol. The van der Waals surface area contributed by atoms with Crippen LogP contribution in [-0.2, 0) is 6.54 Å². The van der Waals surface area contributed by atoms with Crippen molar-refractivity contribution < 1.29 is 0 Å². The molecule has 1 aliphatic rings. The van der Waals surface area contributed by atoms with E-state index in [2.05, 4.69) is 33.3 Å². The lowest BCUT2D eigenvalue weighted by molar-refractivity contribution is 0.170. The van der Waals surface area contributed by atoms with Gasteiger partial charge >= 0.3 is 0 Å². The Hall–Kier alpha value is -1.39. The van der Waals surface area contributed by atoms with Gasteiger partial charge in [0.25, 0.3) is 0 Å². The van der Waals surface area contributed by atoms with Crippen molar-refractivity contribution in [2.45, 2.75) is 12.6 Å². The van der Waals surface area contributed by atoms with Crippen molar-refractivity contribution in [1.82, 2.24) is 20.2 Å². The first-order valence-electron chi connectivity index (χ1n) is 5.67. The molecule has 1 saturated heterocycles. The standard InChI is InChI=1S/C12H16N4/c1-16(9-6-13-7-9)8-12-14-10-4-2-3-5-11(10)15-12/h2-5,9,13H,6-8H2,1H3,(H,14,15). The van der Waals surface area contributed by atoms with Crippen molar-refractivity contribution in [2.24, 2.45) is 0 Å². The molecule has 0 bridgehead atoms. The van der Waals surface area contributed by atoms with Crippen LogP contribution >= 0.6 is 0 Å². The molecule has 0 radical (unpaired) electrons. The third-order valence-electron chi connectivity index (χ3n) is 3.22. The number of hydrogen-bond donors (Lipinski definition) is 2. The van der Waals surface area contributed by atoms with Gasteiger partial charge in [0.2, 0.25) is 0 Å². The summed E-state index contributed by atoms with van der Waals surface area (Å²) in [7, 11) is 2.15. The predicted molar refractivity (Wildman–Crippen MR) is 64.2 cm³/mol. The Morgan fingerprint density at radius 2 is 2.19 bits per heavy atom. The maximum atomic E-state index is 4.58. The van der Waals surface area contributed by atoms with E-state index in [-0.39, 0.29) is 0 Å². The second-order valence-corrected chi connectivity index (χ2v) is 4.43. The molecule has 1 fully saturated rings. The maximum Gasteiger partial charge on any atom is 0.121 e. The van der Waals surface area contributed by atoms with E-state index in [1.165, 1.54) is 0 Å². The molecule has 2 N–H and O–H groups in total. The second kappa shape index (κ2) is 3.88. The Morgan fingerprint density at radius 3 is 2.88 bits per heavy atom. The molecular formula is C12H16N4. The van der Waals surface area contributed by atoms with E-state index in [9.17, 15) is 0 Å². The molecule has 1 aromatic heterocycles. The summed E-state index contributed by atoms with van der Waals surface area (Å²) >= 11 is 0. The predicted octanol–water partition coefficient (Wildman–Crippen LogP) is 0.966. The van der Waals surface area contributed by atoms with Gasteiger partial charge in [-0.25, -0.2) is 4.98 Å². The minimum atomic E-state index is 0.660. The molecule has 4 nitrogen and oxygen atoms in total. The highest BCUT2D eigenvalue weighted by molar-refractivity contribution is 5.74. The van der Waals surface area contributed by atoms with E-state index in [1.54, 1.807) is 0 Å². The second-order valence-electron chi connectivity index (χ2n) is 4.43. The zero-order valence-corrected chi connectivity index (χ0v) is 9.40. The van der Waals surface area contributed by atoms with Crippen LogP contribution in [0.4, 0.5) is 0 Å². The number of nitrogens with zero attached hydrogens (tertiary/aromatic N) is 2. The lowest BCUT2D eigenvalue weighted by Crippen LogP contribution is -2.55. The number of aromatic nitrogens is 2. The van der Waals surface area contributed by atoms with Crippen molar-refractivity contribution in [3.05, 3.63) is 30.1 Å². The van der Waals surface area contributed by atoms with Gasteiger partial charge in [0.05, 0.1) is 17.6 Å². The van der Waals surface area contributed by atoms with E-state index in [1.807, 2.05) is 18.2 Å². The summed E-state index contributed by atoms with van der Waals surface area (Å²) in [5.74, 6) is 1.05. The van der Waals surface area contributed by atoms with Gasteiger partial charge in [-0.05, 0) is 19.2 Å². The summed E-state index contributed by atoms with van der Waals surface area (Å²) in [5.41, 5.74) is 2.18. The van der Waals surface area contributed by atoms with E-state index in [0.29, 0.717) is 6.04 Å². The monoisotopic (exact) mass is 216 g/mol. The molecule has 0 unspecified atom stereocenters. The van der Waals surface area contributed by atoms with Gasteiger partial charge in [0.1, 0.15) is 5.82 Å². The van der Waals surface area contributed by atoms with Crippen LogP contribution < -0.4 is 5.32 Å². The van der Waals surface area contributed by atoms with Crippen molar-refractivity contribution in [2.75, 3.05) is 20.1 Å². The van der Waals surface area contributed by atoms with E-state index in [0.717, 1.165) is 36.5 Å². The first-order valence-corrected chi connectivity index (χ1v) is 5.67. The lowest BCUT2D eigenvalue weighted by Gasteiger charge is -2.35. The summed E-state index contributed by atoms with van der Waals surface area (Å²) in [4.78, 5) is 10.3. The van der Waals surface area contributed by atoms with E-state index >= 15 is 0 Å². The molecule has 0 amide bonds. The van der Waals surface area contributed by atoms with Crippen LogP contribution in [0.5, 0.6) is 0 Å². The molecule has 16 heavy (non-hydrogen) atoms. The van der Waals surface area contributed by atoms with Crippen molar-refractivity contribution >= 4 is 11.0 Å². The number of hydrogen-bond acceptors (Lipinski definition) is 3. The van der Waals surface area contributed by atoms with Crippen LogP contribution in [0.25, 0.3) is 11.0 Å². The summed E-state index contributed by atoms with van der Waals surface area (Å²) < 4.78 is 0. The Kier molecular flexibility index (Phi) is 2.38. The Morgan fingerprint density at radius 1 is 1.38 bits per heavy atom. The fourth-order valence-electron chi connectivity index (χ4n) is 2.03. The Bertz CT molecular complexity index is 453. The van der Waals surface area contributed by atoms with Gasteiger partial charge in [-0.15, -0.1) is 0 Å². The fourth-order valence-corrected chi connectivity index (χ4v) is 2.03. The third-order valence-corrected chi connectivity index (χ3v) is 3.22. The van der Waals surface area contributed by atoms with Gasteiger partial charge in [0, 0.05) is 19.1 Å². The molecule has 1 aliphatic heterocycles. The van der Waals surface area contributed by atoms with E-state index < -0.39 is 0 Å². The number of nitrogens with one attached hydrogen (secondary N) is 2. The molecule has 0 spiro atoms. The Balaban J connectivity index is 1.78. The van der Waals surface area contributed by atoms with Crippen molar-refractivity contribution in [3.63, 3.8) is 0 Å². The zero-order chi connectivity index (χ0) is 11.0. The third kappa shape index (κ3) is 1.70. The highest BCUT2D eigenvalue weighted by atomic mass is 15.2.